The minimum atomic E-state index is 0.858. The highest BCUT2D eigenvalue weighted by Gasteiger charge is 2.15. The van der Waals surface area contributed by atoms with Crippen LogP contribution in [0.3, 0.4) is 0 Å². The van der Waals surface area contributed by atoms with Gasteiger partial charge in [-0.2, -0.15) is 0 Å². The van der Waals surface area contributed by atoms with Crippen LogP contribution in [0, 0.1) is 11.8 Å². The lowest BCUT2D eigenvalue weighted by atomic mass is 9.82. The maximum atomic E-state index is 2.44. The molecule has 102 valence electrons. The van der Waals surface area contributed by atoms with Crippen molar-refractivity contribution in [2.24, 2.45) is 11.8 Å². The summed E-state index contributed by atoms with van der Waals surface area (Å²) < 4.78 is 0. The Morgan fingerprint density at radius 2 is 1.59 bits per heavy atom. The third kappa shape index (κ3) is 7.63. The van der Waals surface area contributed by atoms with Crippen molar-refractivity contribution in [2.75, 3.05) is 0 Å². The van der Waals surface area contributed by atoms with Crippen LogP contribution >= 0.6 is 0 Å². The molecule has 0 radical (unpaired) electrons. The fraction of sp³-hybridized carbons (Fsp3) is 0.882. The topological polar surface area (TPSA) is 0 Å². The number of unbranched alkanes of at least 4 members (excludes halogenated alkanes) is 3. The highest BCUT2D eigenvalue weighted by Crippen LogP contribution is 2.28. The van der Waals surface area contributed by atoms with Crippen LogP contribution in [-0.2, 0) is 0 Å². The van der Waals surface area contributed by atoms with Crippen LogP contribution in [0.1, 0.15) is 86.5 Å². The molecule has 0 saturated carbocycles. The van der Waals surface area contributed by atoms with Gasteiger partial charge in [0.15, 0.2) is 0 Å². The Bertz CT molecular complexity index is 208. The third-order valence-electron chi connectivity index (χ3n) is 4.24. The summed E-state index contributed by atoms with van der Waals surface area (Å²) in [7, 11) is 0. The van der Waals surface area contributed by atoms with Gasteiger partial charge in [-0.25, -0.2) is 0 Å². The Kier molecular flexibility index (Phi) is 9.59. The normalized spacial score (nSPS) is 14.5. The van der Waals surface area contributed by atoms with Crippen LogP contribution in [-0.4, -0.2) is 0 Å². The average molecular weight is 238 g/mol. The molecule has 0 N–H and O–H groups in total. The molecule has 2 atom stereocenters. The van der Waals surface area contributed by atoms with Crippen LogP contribution in [0.15, 0.2) is 11.1 Å². The molecule has 0 spiro atoms. The van der Waals surface area contributed by atoms with E-state index in [9.17, 15) is 0 Å². The second kappa shape index (κ2) is 9.74. The maximum Gasteiger partial charge on any atom is -0.0292 e. The minimum absolute atomic E-state index is 0.858. The van der Waals surface area contributed by atoms with E-state index in [1.807, 2.05) is 0 Å². The van der Waals surface area contributed by atoms with Gasteiger partial charge in [0.1, 0.15) is 0 Å². The van der Waals surface area contributed by atoms with Gasteiger partial charge in [0.05, 0.1) is 0 Å². The van der Waals surface area contributed by atoms with Crippen LogP contribution in [0.25, 0.3) is 0 Å². The number of hydrogen-bond acceptors (Lipinski definition) is 0. The molecule has 0 amide bonds. The predicted octanol–water partition coefficient (Wildman–Crippen LogP) is 6.37. The molecule has 0 heterocycles. The lowest BCUT2D eigenvalue weighted by Gasteiger charge is -2.23. The Hall–Kier alpha value is -0.260. The molecule has 17 heavy (non-hydrogen) atoms. The molecule has 0 aromatic carbocycles. The number of allylic oxidation sites excluding steroid dienone is 2. The number of rotatable bonds is 9. The van der Waals surface area contributed by atoms with E-state index in [0.29, 0.717) is 0 Å². The highest BCUT2D eigenvalue weighted by molar-refractivity contribution is 5.07. The summed E-state index contributed by atoms with van der Waals surface area (Å²) in [5.74, 6) is 1.79. The molecular formula is C17H34. The molecule has 0 aliphatic rings. The first-order chi connectivity index (χ1) is 8.02. The Balaban J connectivity index is 4.03. The van der Waals surface area contributed by atoms with Crippen molar-refractivity contribution in [3.05, 3.63) is 11.1 Å². The molecule has 0 aliphatic heterocycles. The summed E-state index contributed by atoms with van der Waals surface area (Å²) in [5, 5.41) is 0. The maximum absolute atomic E-state index is 2.44. The SMILES string of the molecule is CCCCCCC(CC)C(C)CC(C)=C(C)C. The summed E-state index contributed by atoms with van der Waals surface area (Å²) in [6.07, 6.45) is 9.72. The van der Waals surface area contributed by atoms with E-state index in [4.69, 9.17) is 0 Å². The van der Waals surface area contributed by atoms with Crippen molar-refractivity contribution in [3.63, 3.8) is 0 Å². The summed E-state index contributed by atoms with van der Waals surface area (Å²) in [5.41, 5.74) is 3.11. The minimum Gasteiger partial charge on any atom is -0.0775 e. The molecule has 0 aromatic heterocycles. The van der Waals surface area contributed by atoms with Crippen molar-refractivity contribution in [1.82, 2.24) is 0 Å². The van der Waals surface area contributed by atoms with E-state index in [1.165, 1.54) is 50.5 Å². The van der Waals surface area contributed by atoms with Crippen molar-refractivity contribution >= 4 is 0 Å². The smallest absolute Gasteiger partial charge is 0.0292 e. The van der Waals surface area contributed by atoms with Crippen LogP contribution in [0.5, 0.6) is 0 Å². The van der Waals surface area contributed by atoms with E-state index in [2.05, 4.69) is 41.5 Å². The molecule has 0 saturated heterocycles. The fourth-order valence-corrected chi connectivity index (χ4v) is 2.58. The first kappa shape index (κ1) is 16.7. The van der Waals surface area contributed by atoms with Crippen molar-refractivity contribution < 1.29 is 0 Å². The van der Waals surface area contributed by atoms with Gasteiger partial charge < -0.3 is 0 Å². The zero-order valence-corrected chi connectivity index (χ0v) is 13.1. The Morgan fingerprint density at radius 3 is 2.06 bits per heavy atom. The van der Waals surface area contributed by atoms with Crippen molar-refractivity contribution in [3.8, 4) is 0 Å². The first-order valence-electron chi connectivity index (χ1n) is 7.65. The summed E-state index contributed by atoms with van der Waals surface area (Å²) in [6, 6.07) is 0. The van der Waals surface area contributed by atoms with Gasteiger partial charge in [0.2, 0.25) is 0 Å². The van der Waals surface area contributed by atoms with E-state index in [1.54, 1.807) is 5.57 Å². The van der Waals surface area contributed by atoms with Crippen molar-refractivity contribution in [2.45, 2.75) is 86.5 Å². The molecule has 2 unspecified atom stereocenters. The van der Waals surface area contributed by atoms with Crippen LogP contribution < -0.4 is 0 Å². The van der Waals surface area contributed by atoms with Gasteiger partial charge in [-0.1, -0.05) is 70.4 Å². The Labute approximate surface area is 110 Å². The largest absolute Gasteiger partial charge is 0.0775 e. The molecule has 0 bridgehead atoms. The van der Waals surface area contributed by atoms with E-state index >= 15 is 0 Å². The fourth-order valence-electron chi connectivity index (χ4n) is 2.58. The Morgan fingerprint density at radius 1 is 0.941 bits per heavy atom. The second-order valence-corrected chi connectivity index (χ2v) is 5.98. The monoisotopic (exact) mass is 238 g/mol. The lowest BCUT2D eigenvalue weighted by molar-refractivity contribution is 0.312. The van der Waals surface area contributed by atoms with Gasteiger partial charge in [-0.15, -0.1) is 0 Å². The van der Waals surface area contributed by atoms with E-state index in [0.717, 1.165) is 11.8 Å². The van der Waals surface area contributed by atoms with Gasteiger partial charge in [0, 0.05) is 0 Å². The molecule has 0 aliphatic carbocycles. The first-order valence-corrected chi connectivity index (χ1v) is 7.65. The third-order valence-corrected chi connectivity index (χ3v) is 4.24. The van der Waals surface area contributed by atoms with Crippen LogP contribution in [0.2, 0.25) is 0 Å². The lowest BCUT2D eigenvalue weighted by Crippen LogP contribution is -2.11. The van der Waals surface area contributed by atoms with E-state index in [-0.39, 0.29) is 0 Å². The predicted molar refractivity (Wildman–Crippen MR) is 80.4 cm³/mol. The van der Waals surface area contributed by atoms with Gasteiger partial charge >= 0.3 is 0 Å². The summed E-state index contributed by atoms with van der Waals surface area (Å²) >= 11 is 0. The van der Waals surface area contributed by atoms with Gasteiger partial charge in [0.25, 0.3) is 0 Å². The molecule has 0 aromatic rings. The van der Waals surface area contributed by atoms with E-state index < -0.39 is 0 Å². The molecule has 0 heteroatoms. The van der Waals surface area contributed by atoms with Gasteiger partial charge in [-0.3, -0.25) is 0 Å². The zero-order valence-electron chi connectivity index (χ0n) is 13.1. The number of hydrogen-bond donors (Lipinski definition) is 0. The van der Waals surface area contributed by atoms with Crippen molar-refractivity contribution in [1.29, 1.82) is 0 Å². The quantitative estimate of drug-likeness (QED) is 0.323. The summed E-state index contributed by atoms with van der Waals surface area (Å²) in [4.78, 5) is 0. The van der Waals surface area contributed by atoms with Gasteiger partial charge in [-0.05, 0) is 39.0 Å². The van der Waals surface area contributed by atoms with Crippen LogP contribution in [0.4, 0.5) is 0 Å². The highest BCUT2D eigenvalue weighted by atomic mass is 14.2. The zero-order chi connectivity index (χ0) is 13.3. The molecule has 0 nitrogen and oxygen atoms in total. The molecular weight excluding hydrogens is 204 g/mol. The average Bonchev–Trinajstić information content (AvgIpc) is 2.28. The molecule has 0 fully saturated rings. The second-order valence-electron chi connectivity index (χ2n) is 5.98. The summed E-state index contributed by atoms with van der Waals surface area (Å²) in [6.45, 7) is 13.9. The standard InChI is InChI=1S/C17H34/c1-7-9-10-11-12-17(8-2)16(6)13-15(5)14(3)4/h16-17H,7-13H2,1-6H3. The molecule has 0 rings (SSSR count).